The highest BCUT2D eigenvalue weighted by Gasteiger charge is 2.34. The molecular weight excluding hydrogens is 256 g/mol. The average Bonchev–Trinajstić information content (AvgIpc) is 2.93. The summed E-state index contributed by atoms with van der Waals surface area (Å²) in [6.45, 7) is 7.65. The lowest BCUT2D eigenvalue weighted by atomic mass is 10.1. The summed E-state index contributed by atoms with van der Waals surface area (Å²) in [5, 5.41) is 0. The SMILES string of the molecule is CC(C)(C)OC(=O)N1CCC[C@H]1c1cncn1CCN. The fourth-order valence-electron chi connectivity index (χ4n) is 2.55. The lowest BCUT2D eigenvalue weighted by molar-refractivity contribution is 0.0219. The highest BCUT2D eigenvalue weighted by atomic mass is 16.6. The van der Waals surface area contributed by atoms with Crippen LogP contribution in [0.3, 0.4) is 0 Å². The number of carbonyl (C=O) groups excluding carboxylic acids is 1. The van der Waals surface area contributed by atoms with Crippen LogP contribution < -0.4 is 5.73 Å². The van der Waals surface area contributed by atoms with Gasteiger partial charge < -0.3 is 15.0 Å². The number of rotatable bonds is 3. The van der Waals surface area contributed by atoms with Crippen molar-refractivity contribution in [2.24, 2.45) is 5.73 Å². The zero-order valence-corrected chi connectivity index (χ0v) is 12.5. The second-order valence-electron chi connectivity index (χ2n) is 6.13. The molecule has 1 amide bonds. The molecule has 2 rings (SSSR count). The smallest absolute Gasteiger partial charge is 0.410 e. The lowest BCUT2D eigenvalue weighted by Gasteiger charge is -2.29. The Bertz CT molecular complexity index is 464. The molecule has 0 spiro atoms. The predicted molar refractivity (Wildman–Crippen MR) is 76.2 cm³/mol. The van der Waals surface area contributed by atoms with Gasteiger partial charge in [0.1, 0.15) is 5.60 Å². The van der Waals surface area contributed by atoms with Crippen molar-refractivity contribution in [1.82, 2.24) is 14.5 Å². The summed E-state index contributed by atoms with van der Waals surface area (Å²) in [6, 6.07) is 0.0406. The maximum atomic E-state index is 12.3. The van der Waals surface area contributed by atoms with Crippen LogP contribution in [-0.2, 0) is 11.3 Å². The molecule has 1 aliphatic rings. The molecule has 0 unspecified atom stereocenters. The van der Waals surface area contributed by atoms with E-state index in [0.29, 0.717) is 13.1 Å². The summed E-state index contributed by atoms with van der Waals surface area (Å²) in [4.78, 5) is 18.3. The first-order chi connectivity index (χ1) is 9.42. The molecule has 0 bridgehead atoms. The molecule has 0 saturated carbocycles. The Balaban J connectivity index is 2.14. The van der Waals surface area contributed by atoms with Crippen LogP contribution in [0.15, 0.2) is 12.5 Å². The Morgan fingerprint density at radius 1 is 1.55 bits per heavy atom. The molecule has 0 aromatic carbocycles. The van der Waals surface area contributed by atoms with Gasteiger partial charge in [0.05, 0.1) is 24.3 Å². The molecule has 1 aliphatic heterocycles. The number of imidazole rings is 1. The first-order valence-electron chi connectivity index (χ1n) is 7.12. The van der Waals surface area contributed by atoms with E-state index in [4.69, 9.17) is 10.5 Å². The summed E-state index contributed by atoms with van der Waals surface area (Å²) in [5.74, 6) is 0. The highest BCUT2D eigenvalue weighted by Crippen LogP contribution is 2.32. The quantitative estimate of drug-likeness (QED) is 0.918. The molecule has 112 valence electrons. The summed E-state index contributed by atoms with van der Waals surface area (Å²) in [5.41, 5.74) is 6.18. The standard InChI is InChI=1S/C14H24N4O2/c1-14(2,3)20-13(19)18-7-4-5-11(18)12-9-16-10-17(12)8-6-15/h9-11H,4-8,15H2,1-3H3/t11-/m0/s1. The van der Waals surface area contributed by atoms with E-state index in [1.807, 2.05) is 31.5 Å². The van der Waals surface area contributed by atoms with Crippen LogP contribution in [0.4, 0.5) is 4.79 Å². The number of hydrogen-bond acceptors (Lipinski definition) is 4. The third-order valence-corrected chi connectivity index (χ3v) is 3.34. The number of aromatic nitrogens is 2. The Morgan fingerprint density at radius 2 is 2.30 bits per heavy atom. The van der Waals surface area contributed by atoms with Crippen LogP contribution in [0.2, 0.25) is 0 Å². The van der Waals surface area contributed by atoms with Crippen LogP contribution in [0, 0.1) is 0 Å². The minimum Gasteiger partial charge on any atom is -0.444 e. The monoisotopic (exact) mass is 280 g/mol. The van der Waals surface area contributed by atoms with Crippen molar-refractivity contribution in [1.29, 1.82) is 0 Å². The van der Waals surface area contributed by atoms with Gasteiger partial charge in [-0.05, 0) is 33.6 Å². The van der Waals surface area contributed by atoms with Crippen LogP contribution in [-0.4, -0.2) is 39.2 Å². The fourth-order valence-corrected chi connectivity index (χ4v) is 2.55. The average molecular weight is 280 g/mol. The van der Waals surface area contributed by atoms with Gasteiger partial charge in [-0.2, -0.15) is 0 Å². The van der Waals surface area contributed by atoms with E-state index in [2.05, 4.69) is 4.98 Å². The van der Waals surface area contributed by atoms with Gasteiger partial charge in [-0.15, -0.1) is 0 Å². The second-order valence-corrected chi connectivity index (χ2v) is 6.13. The van der Waals surface area contributed by atoms with Gasteiger partial charge in [0.2, 0.25) is 0 Å². The molecule has 1 saturated heterocycles. The summed E-state index contributed by atoms with van der Waals surface area (Å²) in [6.07, 6.45) is 5.27. The molecule has 1 atom stereocenters. The van der Waals surface area contributed by atoms with Gasteiger partial charge in [-0.3, -0.25) is 4.90 Å². The Kier molecular flexibility index (Phi) is 4.32. The number of hydrogen-bond donors (Lipinski definition) is 1. The molecule has 6 heteroatoms. The second kappa shape index (κ2) is 5.83. The molecule has 0 radical (unpaired) electrons. The minimum absolute atomic E-state index is 0.0406. The zero-order valence-electron chi connectivity index (χ0n) is 12.5. The molecule has 1 aromatic rings. The van der Waals surface area contributed by atoms with E-state index in [-0.39, 0.29) is 12.1 Å². The molecule has 1 aromatic heterocycles. The molecule has 2 heterocycles. The van der Waals surface area contributed by atoms with Crippen molar-refractivity contribution in [3.8, 4) is 0 Å². The molecule has 2 N–H and O–H groups in total. The molecule has 0 aliphatic carbocycles. The minimum atomic E-state index is -0.471. The van der Waals surface area contributed by atoms with Crippen molar-refractivity contribution < 1.29 is 9.53 Å². The van der Waals surface area contributed by atoms with Crippen molar-refractivity contribution in [3.05, 3.63) is 18.2 Å². The maximum absolute atomic E-state index is 12.3. The normalized spacial score (nSPS) is 19.4. The third-order valence-electron chi connectivity index (χ3n) is 3.34. The summed E-state index contributed by atoms with van der Waals surface area (Å²) < 4.78 is 7.50. The number of likely N-dealkylation sites (tertiary alicyclic amines) is 1. The van der Waals surface area contributed by atoms with E-state index < -0.39 is 5.60 Å². The fraction of sp³-hybridized carbons (Fsp3) is 0.714. The Hall–Kier alpha value is -1.56. The van der Waals surface area contributed by atoms with E-state index in [1.165, 1.54) is 0 Å². The van der Waals surface area contributed by atoms with Gasteiger partial charge in [0.15, 0.2) is 0 Å². The topological polar surface area (TPSA) is 73.4 Å². The van der Waals surface area contributed by atoms with Crippen molar-refractivity contribution in [2.75, 3.05) is 13.1 Å². The van der Waals surface area contributed by atoms with Gasteiger partial charge >= 0.3 is 6.09 Å². The Labute approximate surface area is 119 Å². The van der Waals surface area contributed by atoms with Crippen molar-refractivity contribution in [3.63, 3.8) is 0 Å². The molecular formula is C14H24N4O2. The van der Waals surface area contributed by atoms with Gasteiger partial charge in [0.25, 0.3) is 0 Å². The number of amides is 1. The third kappa shape index (κ3) is 3.30. The van der Waals surface area contributed by atoms with Crippen LogP contribution in [0.5, 0.6) is 0 Å². The van der Waals surface area contributed by atoms with E-state index in [1.54, 1.807) is 11.2 Å². The molecule has 20 heavy (non-hydrogen) atoms. The van der Waals surface area contributed by atoms with Crippen molar-refractivity contribution in [2.45, 2.75) is 51.8 Å². The number of nitrogens with two attached hydrogens (primary N) is 1. The molecule has 6 nitrogen and oxygen atoms in total. The van der Waals surface area contributed by atoms with E-state index >= 15 is 0 Å². The van der Waals surface area contributed by atoms with Crippen LogP contribution >= 0.6 is 0 Å². The number of nitrogens with zero attached hydrogens (tertiary/aromatic N) is 3. The number of carbonyl (C=O) groups is 1. The lowest BCUT2D eigenvalue weighted by Crippen LogP contribution is -2.37. The first-order valence-corrected chi connectivity index (χ1v) is 7.12. The van der Waals surface area contributed by atoms with Gasteiger partial charge in [0, 0.05) is 19.6 Å². The van der Waals surface area contributed by atoms with E-state index in [9.17, 15) is 4.79 Å². The first kappa shape index (κ1) is 14.8. The summed E-state index contributed by atoms with van der Waals surface area (Å²) in [7, 11) is 0. The predicted octanol–water partition coefficient (Wildman–Crippen LogP) is 1.91. The van der Waals surface area contributed by atoms with Gasteiger partial charge in [-0.25, -0.2) is 9.78 Å². The molecule has 1 fully saturated rings. The zero-order chi connectivity index (χ0) is 14.8. The van der Waals surface area contributed by atoms with Crippen molar-refractivity contribution >= 4 is 6.09 Å². The summed E-state index contributed by atoms with van der Waals surface area (Å²) >= 11 is 0. The maximum Gasteiger partial charge on any atom is 0.410 e. The van der Waals surface area contributed by atoms with E-state index in [0.717, 1.165) is 25.1 Å². The van der Waals surface area contributed by atoms with Crippen LogP contribution in [0.25, 0.3) is 0 Å². The Morgan fingerprint density at radius 3 is 2.95 bits per heavy atom. The van der Waals surface area contributed by atoms with Gasteiger partial charge in [-0.1, -0.05) is 0 Å². The largest absolute Gasteiger partial charge is 0.444 e. The van der Waals surface area contributed by atoms with Crippen LogP contribution in [0.1, 0.15) is 45.3 Å². The highest BCUT2D eigenvalue weighted by molar-refractivity contribution is 5.69. The number of ether oxygens (including phenoxy) is 1.